The number of aliphatic imine (C=N–C) groups is 1. The van der Waals surface area contributed by atoms with Gasteiger partial charge in [0.25, 0.3) is 0 Å². The summed E-state index contributed by atoms with van der Waals surface area (Å²) in [5, 5.41) is 7.68. The lowest BCUT2D eigenvalue weighted by molar-refractivity contribution is -0.140. The Morgan fingerprint density at radius 2 is 2.10 bits per heavy atom. The molecule has 0 radical (unpaired) electrons. The summed E-state index contributed by atoms with van der Waals surface area (Å²) in [7, 11) is 1.65. The molecule has 20 heavy (non-hydrogen) atoms. The Kier molecular flexibility index (Phi) is 6.25. The lowest BCUT2D eigenvalue weighted by atomic mass is 10.2. The number of hydrogen-bond donors (Lipinski definition) is 2. The van der Waals surface area contributed by atoms with Crippen LogP contribution in [0.15, 0.2) is 10.4 Å². The van der Waals surface area contributed by atoms with Gasteiger partial charge in [0.1, 0.15) is 0 Å². The summed E-state index contributed by atoms with van der Waals surface area (Å²) in [6, 6.07) is 0. The van der Waals surface area contributed by atoms with Crippen molar-refractivity contribution in [2.45, 2.75) is 26.4 Å². The summed E-state index contributed by atoms with van der Waals surface area (Å²) in [6.07, 6.45) is -3.93. The fourth-order valence-corrected chi connectivity index (χ4v) is 2.17. The second kappa shape index (κ2) is 7.47. The number of hydrogen-bond acceptors (Lipinski definition) is 3. The number of halogens is 3. The SMILES string of the molecule is CN=C(NCCc1nc(C(F)(F)F)cs1)NCC(C)C. The van der Waals surface area contributed by atoms with Crippen LogP contribution in [0.4, 0.5) is 13.2 Å². The molecule has 1 aromatic rings. The minimum absolute atomic E-state index is 0.434. The molecule has 0 atom stereocenters. The van der Waals surface area contributed by atoms with Crippen LogP contribution in [0.1, 0.15) is 24.5 Å². The molecule has 0 saturated heterocycles. The van der Waals surface area contributed by atoms with Crippen molar-refractivity contribution in [2.75, 3.05) is 20.1 Å². The van der Waals surface area contributed by atoms with E-state index in [1.54, 1.807) is 7.05 Å². The number of nitrogens with zero attached hydrogens (tertiary/aromatic N) is 2. The van der Waals surface area contributed by atoms with E-state index < -0.39 is 11.9 Å². The highest BCUT2D eigenvalue weighted by molar-refractivity contribution is 7.09. The molecule has 1 rings (SSSR count). The monoisotopic (exact) mass is 308 g/mol. The third-order valence-corrected chi connectivity index (χ3v) is 3.28. The van der Waals surface area contributed by atoms with E-state index in [2.05, 4.69) is 34.5 Å². The first-order valence-corrected chi connectivity index (χ1v) is 7.17. The Hall–Kier alpha value is -1.31. The van der Waals surface area contributed by atoms with Gasteiger partial charge in [0, 0.05) is 31.9 Å². The van der Waals surface area contributed by atoms with E-state index in [0.29, 0.717) is 29.9 Å². The average Bonchev–Trinajstić information content (AvgIpc) is 2.81. The molecule has 0 aliphatic rings. The number of thiazole rings is 1. The summed E-state index contributed by atoms with van der Waals surface area (Å²) in [4.78, 5) is 7.60. The Morgan fingerprint density at radius 1 is 1.40 bits per heavy atom. The molecule has 2 N–H and O–H groups in total. The molecular weight excluding hydrogens is 289 g/mol. The van der Waals surface area contributed by atoms with Gasteiger partial charge in [0.2, 0.25) is 0 Å². The van der Waals surface area contributed by atoms with E-state index in [-0.39, 0.29) is 0 Å². The second-order valence-corrected chi connectivity index (χ2v) is 5.59. The molecule has 0 aliphatic carbocycles. The summed E-state index contributed by atoms with van der Waals surface area (Å²) in [6.45, 7) is 5.43. The maximum absolute atomic E-state index is 12.4. The van der Waals surface area contributed by atoms with Gasteiger partial charge >= 0.3 is 6.18 Å². The standard InChI is InChI=1S/C12H19F3N4S/c1-8(2)6-18-11(16-3)17-5-4-10-19-9(7-20-10)12(13,14)15/h7-8H,4-6H2,1-3H3,(H2,16,17,18). The lowest BCUT2D eigenvalue weighted by Gasteiger charge is -2.12. The van der Waals surface area contributed by atoms with Crippen molar-refractivity contribution in [2.24, 2.45) is 10.9 Å². The summed E-state index contributed by atoms with van der Waals surface area (Å²) in [5.74, 6) is 1.13. The molecular formula is C12H19F3N4S. The molecule has 0 spiro atoms. The van der Waals surface area contributed by atoms with Crippen LogP contribution >= 0.6 is 11.3 Å². The van der Waals surface area contributed by atoms with Crippen molar-refractivity contribution >= 4 is 17.3 Å². The zero-order valence-electron chi connectivity index (χ0n) is 11.7. The molecule has 0 aromatic carbocycles. The van der Waals surface area contributed by atoms with Gasteiger partial charge in [-0.05, 0) is 5.92 Å². The summed E-state index contributed by atoms with van der Waals surface area (Å²) in [5.41, 5.74) is -0.820. The van der Waals surface area contributed by atoms with Crippen molar-refractivity contribution in [1.82, 2.24) is 15.6 Å². The highest BCUT2D eigenvalue weighted by Gasteiger charge is 2.33. The Bertz CT molecular complexity index is 440. The summed E-state index contributed by atoms with van der Waals surface area (Å²) < 4.78 is 37.1. The van der Waals surface area contributed by atoms with E-state index in [1.807, 2.05) is 0 Å². The van der Waals surface area contributed by atoms with Gasteiger partial charge < -0.3 is 10.6 Å². The van der Waals surface area contributed by atoms with Crippen LogP contribution in [0.5, 0.6) is 0 Å². The van der Waals surface area contributed by atoms with Gasteiger partial charge in [0.05, 0.1) is 5.01 Å². The molecule has 0 amide bonds. The van der Waals surface area contributed by atoms with E-state index in [4.69, 9.17) is 0 Å². The number of nitrogens with one attached hydrogen (secondary N) is 2. The normalized spacial score (nSPS) is 12.8. The smallest absolute Gasteiger partial charge is 0.356 e. The largest absolute Gasteiger partial charge is 0.434 e. The predicted octanol–water partition coefficient (Wildman–Crippen LogP) is 2.53. The number of rotatable bonds is 5. The minimum atomic E-state index is -4.36. The zero-order valence-corrected chi connectivity index (χ0v) is 12.5. The van der Waals surface area contributed by atoms with Gasteiger partial charge in [0.15, 0.2) is 11.7 Å². The molecule has 1 aromatic heterocycles. The van der Waals surface area contributed by atoms with Crippen LogP contribution < -0.4 is 10.6 Å². The molecule has 0 fully saturated rings. The van der Waals surface area contributed by atoms with Gasteiger partial charge in [-0.1, -0.05) is 13.8 Å². The number of aromatic nitrogens is 1. The van der Waals surface area contributed by atoms with Crippen LogP contribution in [0.2, 0.25) is 0 Å². The molecule has 0 saturated carbocycles. The van der Waals surface area contributed by atoms with Crippen LogP contribution in [-0.4, -0.2) is 31.1 Å². The second-order valence-electron chi connectivity index (χ2n) is 4.65. The van der Waals surface area contributed by atoms with Crippen molar-refractivity contribution < 1.29 is 13.2 Å². The maximum atomic E-state index is 12.4. The number of alkyl halides is 3. The van der Waals surface area contributed by atoms with Crippen molar-refractivity contribution in [3.05, 3.63) is 16.1 Å². The summed E-state index contributed by atoms with van der Waals surface area (Å²) >= 11 is 1.02. The lowest BCUT2D eigenvalue weighted by Crippen LogP contribution is -2.39. The van der Waals surface area contributed by atoms with Crippen LogP contribution in [-0.2, 0) is 12.6 Å². The van der Waals surface area contributed by atoms with E-state index in [1.165, 1.54) is 0 Å². The maximum Gasteiger partial charge on any atom is 0.434 e. The third-order valence-electron chi connectivity index (χ3n) is 2.37. The predicted molar refractivity (Wildman–Crippen MR) is 75.0 cm³/mol. The highest BCUT2D eigenvalue weighted by Crippen LogP contribution is 2.29. The Labute approximate surface area is 120 Å². The first-order chi connectivity index (χ1) is 9.32. The van der Waals surface area contributed by atoms with Crippen LogP contribution in [0, 0.1) is 5.92 Å². The topological polar surface area (TPSA) is 49.3 Å². The van der Waals surface area contributed by atoms with Gasteiger partial charge in [-0.15, -0.1) is 11.3 Å². The first-order valence-electron chi connectivity index (χ1n) is 6.29. The third kappa shape index (κ3) is 5.77. The first kappa shape index (κ1) is 16.7. The molecule has 0 unspecified atom stereocenters. The molecule has 8 heteroatoms. The van der Waals surface area contributed by atoms with Gasteiger partial charge in [-0.3, -0.25) is 4.99 Å². The van der Waals surface area contributed by atoms with Crippen LogP contribution in [0.3, 0.4) is 0 Å². The van der Waals surface area contributed by atoms with Crippen molar-refractivity contribution in [3.8, 4) is 0 Å². The molecule has 0 aliphatic heterocycles. The number of guanidine groups is 1. The van der Waals surface area contributed by atoms with E-state index in [0.717, 1.165) is 23.3 Å². The fourth-order valence-electron chi connectivity index (χ4n) is 1.37. The van der Waals surface area contributed by atoms with Gasteiger partial charge in [-0.2, -0.15) is 13.2 Å². The Morgan fingerprint density at radius 3 is 2.60 bits per heavy atom. The minimum Gasteiger partial charge on any atom is -0.356 e. The zero-order chi connectivity index (χ0) is 15.2. The van der Waals surface area contributed by atoms with Crippen LogP contribution in [0.25, 0.3) is 0 Å². The van der Waals surface area contributed by atoms with Gasteiger partial charge in [-0.25, -0.2) is 4.98 Å². The molecule has 0 bridgehead atoms. The van der Waals surface area contributed by atoms with Crippen molar-refractivity contribution in [1.29, 1.82) is 0 Å². The molecule has 1 heterocycles. The molecule has 4 nitrogen and oxygen atoms in total. The highest BCUT2D eigenvalue weighted by atomic mass is 32.1. The van der Waals surface area contributed by atoms with Crippen molar-refractivity contribution in [3.63, 3.8) is 0 Å². The Balaban J connectivity index is 2.38. The molecule has 114 valence electrons. The van der Waals surface area contributed by atoms with E-state index in [9.17, 15) is 13.2 Å². The quantitative estimate of drug-likeness (QED) is 0.649. The average molecular weight is 308 g/mol. The van der Waals surface area contributed by atoms with E-state index >= 15 is 0 Å². The fraction of sp³-hybridized carbons (Fsp3) is 0.667.